The van der Waals surface area contributed by atoms with Crippen LogP contribution >= 0.6 is 23.4 Å². The first-order valence-corrected chi connectivity index (χ1v) is 8.35. The molecule has 23 heavy (non-hydrogen) atoms. The number of hydrogen-bond donors (Lipinski definition) is 1. The lowest BCUT2D eigenvalue weighted by molar-refractivity contribution is 0.221. The average molecular weight is 353 g/mol. The zero-order chi connectivity index (χ0) is 16.8. The van der Waals surface area contributed by atoms with Gasteiger partial charge in [0.1, 0.15) is 17.0 Å². The highest BCUT2D eigenvalue weighted by Crippen LogP contribution is 2.32. The van der Waals surface area contributed by atoms with Crippen LogP contribution in [0.15, 0.2) is 35.5 Å². The Morgan fingerprint density at radius 1 is 1.17 bits per heavy atom. The number of aromatic nitrogens is 2. The largest absolute Gasteiger partial charge is 0.497 e. The summed E-state index contributed by atoms with van der Waals surface area (Å²) in [7, 11) is 3.09. The van der Waals surface area contributed by atoms with E-state index in [0.717, 1.165) is 11.3 Å². The third-order valence-corrected chi connectivity index (χ3v) is 3.94. The molecule has 122 valence electrons. The van der Waals surface area contributed by atoms with Crippen molar-refractivity contribution in [2.45, 2.75) is 11.3 Å². The van der Waals surface area contributed by atoms with Gasteiger partial charge < -0.3 is 14.6 Å². The monoisotopic (exact) mass is 352 g/mol. The summed E-state index contributed by atoms with van der Waals surface area (Å²) in [5.74, 6) is 1.04. The number of ether oxygens (including phenoxy) is 2. The van der Waals surface area contributed by atoms with Gasteiger partial charge in [0.25, 0.3) is 0 Å². The molecule has 1 aromatic carbocycles. The number of rotatable bonds is 6. The van der Waals surface area contributed by atoms with Gasteiger partial charge in [-0.15, -0.1) is 0 Å². The van der Waals surface area contributed by atoms with E-state index >= 15 is 0 Å². The smallest absolute Gasteiger partial charge is 0.224 e. The average Bonchev–Trinajstić information content (AvgIpc) is 2.59. The van der Waals surface area contributed by atoms with E-state index in [2.05, 4.69) is 9.97 Å². The van der Waals surface area contributed by atoms with E-state index in [4.69, 9.17) is 21.1 Å². The molecule has 0 aliphatic carbocycles. The molecule has 0 spiro atoms. The Labute approximate surface area is 144 Å². The van der Waals surface area contributed by atoms with Crippen LogP contribution in [0, 0.1) is 0 Å². The molecule has 1 heterocycles. The molecule has 0 fully saturated rings. The summed E-state index contributed by atoms with van der Waals surface area (Å²) in [5.41, 5.74) is 1.26. The summed E-state index contributed by atoms with van der Waals surface area (Å²) >= 11 is 7.50. The molecule has 0 bridgehead atoms. The Morgan fingerprint density at radius 3 is 2.43 bits per heavy atom. The maximum Gasteiger partial charge on any atom is 0.224 e. The van der Waals surface area contributed by atoms with Crippen molar-refractivity contribution in [2.24, 2.45) is 0 Å². The van der Waals surface area contributed by atoms with Gasteiger partial charge in [-0.1, -0.05) is 47.6 Å². The van der Waals surface area contributed by atoms with Crippen molar-refractivity contribution in [1.29, 1.82) is 0 Å². The molecule has 7 heteroatoms. The second-order valence-corrected chi connectivity index (χ2v) is 5.63. The van der Waals surface area contributed by atoms with Crippen LogP contribution in [0.3, 0.4) is 0 Å². The Balaban J connectivity index is 2.25. The molecule has 1 atom stereocenters. The second-order valence-electron chi connectivity index (χ2n) is 4.50. The van der Waals surface area contributed by atoms with E-state index in [-0.39, 0.29) is 11.0 Å². The topological polar surface area (TPSA) is 64.5 Å². The first-order valence-electron chi connectivity index (χ1n) is 6.74. The summed E-state index contributed by atoms with van der Waals surface area (Å²) in [6.07, 6.45) is 4.25. The molecule has 0 aliphatic heterocycles. The van der Waals surface area contributed by atoms with E-state index in [1.165, 1.54) is 18.9 Å². The van der Waals surface area contributed by atoms with Crippen molar-refractivity contribution in [3.63, 3.8) is 0 Å². The minimum atomic E-state index is -0.976. The van der Waals surface area contributed by atoms with Crippen molar-refractivity contribution in [3.8, 4) is 11.6 Å². The van der Waals surface area contributed by atoms with Gasteiger partial charge in [0.05, 0.1) is 19.8 Å². The number of halogens is 1. The third kappa shape index (κ3) is 4.37. The number of nitrogens with zero attached hydrogens (tertiary/aromatic N) is 2. The van der Waals surface area contributed by atoms with Crippen molar-refractivity contribution in [3.05, 3.63) is 46.6 Å². The minimum Gasteiger partial charge on any atom is -0.497 e. The molecule has 1 aromatic heterocycles. The first-order chi connectivity index (χ1) is 11.1. The normalized spacial score (nSPS) is 12.4. The lowest BCUT2D eigenvalue weighted by Gasteiger charge is -2.13. The highest BCUT2D eigenvalue weighted by molar-refractivity contribution is 7.98. The molecule has 0 saturated heterocycles. The van der Waals surface area contributed by atoms with Crippen LogP contribution in [-0.2, 0) is 0 Å². The molecule has 5 nitrogen and oxygen atoms in total. The number of aliphatic hydroxyl groups excluding tert-OH is 1. The fourth-order valence-corrected chi connectivity index (χ4v) is 2.59. The number of benzene rings is 1. The Hall–Kier alpha value is -1.76. The molecule has 2 aromatic rings. The summed E-state index contributed by atoms with van der Waals surface area (Å²) in [6.45, 7) is 0. The third-order valence-electron chi connectivity index (χ3n) is 3.10. The Bertz CT molecular complexity index is 692. The molecule has 0 saturated carbocycles. The standard InChI is InChI=1S/C16H17ClN2O3S/c1-21-11-7-4-10(5-8-11)6-9-12(20)13-14(17)18-16(23-3)19-15(13)22-2/h4-9,12,20H,1-3H3/b9-6+. The predicted molar refractivity (Wildman–Crippen MR) is 92.4 cm³/mol. The molecule has 0 aliphatic rings. The molecular weight excluding hydrogens is 336 g/mol. The zero-order valence-corrected chi connectivity index (χ0v) is 14.6. The van der Waals surface area contributed by atoms with Crippen LogP contribution in [-0.4, -0.2) is 35.5 Å². The summed E-state index contributed by atoms with van der Waals surface area (Å²) in [5, 5.41) is 11.0. The maximum absolute atomic E-state index is 10.4. The van der Waals surface area contributed by atoms with Gasteiger partial charge in [-0.2, -0.15) is 4.98 Å². The summed E-state index contributed by atoms with van der Waals surface area (Å²) in [6, 6.07) is 7.45. The van der Waals surface area contributed by atoms with Gasteiger partial charge in [0.15, 0.2) is 5.16 Å². The van der Waals surface area contributed by atoms with Crippen molar-refractivity contribution < 1.29 is 14.6 Å². The van der Waals surface area contributed by atoms with Crippen molar-refractivity contribution in [2.75, 3.05) is 20.5 Å². The van der Waals surface area contributed by atoms with Crippen molar-refractivity contribution in [1.82, 2.24) is 9.97 Å². The number of hydrogen-bond acceptors (Lipinski definition) is 6. The zero-order valence-electron chi connectivity index (χ0n) is 13.0. The van der Waals surface area contributed by atoms with Gasteiger partial charge in [0.2, 0.25) is 5.88 Å². The van der Waals surface area contributed by atoms with Crippen molar-refractivity contribution >= 4 is 29.4 Å². The second kappa shape index (κ2) is 8.19. The molecule has 1 unspecified atom stereocenters. The predicted octanol–water partition coefficient (Wildman–Crippen LogP) is 3.62. The van der Waals surface area contributed by atoms with Crippen LogP contribution < -0.4 is 9.47 Å². The Kier molecular flexibility index (Phi) is 6.27. The van der Waals surface area contributed by atoms with Gasteiger partial charge in [-0.25, -0.2) is 4.98 Å². The molecular formula is C16H17ClN2O3S. The van der Waals surface area contributed by atoms with Crippen LogP contribution in [0.25, 0.3) is 6.08 Å². The Morgan fingerprint density at radius 2 is 1.87 bits per heavy atom. The summed E-state index contributed by atoms with van der Waals surface area (Å²) in [4.78, 5) is 8.33. The number of thioether (sulfide) groups is 1. The van der Waals surface area contributed by atoms with Gasteiger partial charge >= 0.3 is 0 Å². The van der Waals surface area contributed by atoms with Gasteiger partial charge in [-0.3, -0.25) is 0 Å². The van der Waals surface area contributed by atoms with Crippen LogP contribution in [0.2, 0.25) is 5.15 Å². The molecule has 0 radical (unpaired) electrons. The maximum atomic E-state index is 10.4. The quantitative estimate of drug-likeness (QED) is 0.486. The first kappa shape index (κ1) is 17.6. The lowest BCUT2D eigenvalue weighted by Crippen LogP contribution is -2.04. The number of aliphatic hydroxyl groups is 1. The fraction of sp³-hybridized carbons (Fsp3) is 0.250. The minimum absolute atomic E-state index is 0.174. The van der Waals surface area contributed by atoms with Gasteiger partial charge in [-0.05, 0) is 24.0 Å². The van der Waals surface area contributed by atoms with E-state index in [1.54, 1.807) is 19.3 Å². The van der Waals surface area contributed by atoms with E-state index in [0.29, 0.717) is 10.7 Å². The molecule has 0 amide bonds. The van der Waals surface area contributed by atoms with Crippen LogP contribution in [0.4, 0.5) is 0 Å². The lowest BCUT2D eigenvalue weighted by atomic mass is 10.1. The molecule has 1 N–H and O–H groups in total. The molecule has 2 rings (SSSR count). The fourth-order valence-electron chi connectivity index (χ4n) is 1.91. The van der Waals surface area contributed by atoms with E-state index < -0.39 is 6.10 Å². The summed E-state index contributed by atoms with van der Waals surface area (Å²) < 4.78 is 10.3. The van der Waals surface area contributed by atoms with Crippen LogP contribution in [0.1, 0.15) is 17.2 Å². The van der Waals surface area contributed by atoms with E-state index in [1.807, 2.05) is 30.5 Å². The number of methoxy groups -OCH3 is 2. The van der Waals surface area contributed by atoms with E-state index in [9.17, 15) is 5.11 Å². The van der Waals surface area contributed by atoms with Gasteiger partial charge in [0, 0.05) is 0 Å². The highest BCUT2D eigenvalue weighted by atomic mass is 35.5. The highest BCUT2D eigenvalue weighted by Gasteiger charge is 2.19. The SMILES string of the molecule is COc1ccc(/C=C/C(O)c2c(Cl)nc(SC)nc2OC)cc1. The van der Waals surface area contributed by atoms with Crippen LogP contribution in [0.5, 0.6) is 11.6 Å².